The normalized spacial score (nSPS) is 19.3. The molecule has 6 heteroatoms. The van der Waals surface area contributed by atoms with Crippen LogP contribution in [0, 0.1) is 0 Å². The van der Waals surface area contributed by atoms with E-state index < -0.39 is 0 Å². The zero-order valence-corrected chi connectivity index (χ0v) is 20.7. The maximum atomic E-state index is 13.0. The maximum absolute atomic E-state index is 13.0. The van der Waals surface area contributed by atoms with Crippen LogP contribution in [-0.2, 0) is 4.79 Å². The molecule has 2 fully saturated rings. The number of hydrogen-bond donors (Lipinski definition) is 2. The van der Waals surface area contributed by atoms with E-state index in [4.69, 9.17) is 0 Å². The van der Waals surface area contributed by atoms with Crippen molar-refractivity contribution in [2.24, 2.45) is 0 Å². The first-order chi connectivity index (χ1) is 17.6. The number of rotatable bonds is 6. The number of piperidine rings is 1. The molecule has 0 spiro atoms. The van der Waals surface area contributed by atoms with Gasteiger partial charge in [0.05, 0.1) is 0 Å². The summed E-state index contributed by atoms with van der Waals surface area (Å²) in [5.41, 5.74) is 2.02. The number of benzene rings is 3. The molecule has 2 saturated heterocycles. The van der Waals surface area contributed by atoms with Crippen LogP contribution in [-0.4, -0.2) is 71.2 Å². The summed E-state index contributed by atoms with van der Waals surface area (Å²) < 4.78 is 0. The summed E-state index contributed by atoms with van der Waals surface area (Å²) in [4.78, 5) is 20.1. The number of amides is 1. The Balaban J connectivity index is 1.15. The van der Waals surface area contributed by atoms with Gasteiger partial charge in [0.15, 0.2) is 11.5 Å². The number of carbonyl (C=O) groups excluding carboxylic acids is 1. The number of anilines is 1. The van der Waals surface area contributed by atoms with Crippen LogP contribution >= 0.6 is 0 Å². The number of likely N-dealkylation sites (tertiary alicyclic amines) is 1. The van der Waals surface area contributed by atoms with E-state index in [-0.39, 0.29) is 23.4 Å². The van der Waals surface area contributed by atoms with Gasteiger partial charge >= 0.3 is 0 Å². The average molecular weight is 486 g/mol. The monoisotopic (exact) mass is 485 g/mol. The first-order valence-corrected chi connectivity index (χ1v) is 13.0. The van der Waals surface area contributed by atoms with Gasteiger partial charge in [-0.05, 0) is 60.9 Å². The van der Waals surface area contributed by atoms with Crippen molar-refractivity contribution in [3.05, 3.63) is 72.3 Å². The molecule has 2 aliphatic heterocycles. The summed E-state index contributed by atoms with van der Waals surface area (Å²) >= 11 is 0. The molecular formula is C30H35N3O3. The molecule has 5 rings (SSSR count). The fourth-order valence-electron chi connectivity index (χ4n) is 5.53. The highest BCUT2D eigenvalue weighted by Crippen LogP contribution is 2.28. The van der Waals surface area contributed by atoms with E-state index in [0.717, 1.165) is 58.5 Å². The Hall–Kier alpha value is -3.51. The number of piperazine rings is 1. The Morgan fingerprint density at radius 2 is 1.69 bits per heavy atom. The van der Waals surface area contributed by atoms with E-state index in [2.05, 4.69) is 52.3 Å². The lowest BCUT2D eigenvalue weighted by Gasteiger charge is -2.39. The third-order valence-corrected chi connectivity index (χ3v) is 7.59. The molecule has 6 nitrogen and oxygen atoms in total. The molecule has 3 aromatic rings. The third-order valence-electron chi connectivity index (χ3n) is 7.59. The lowest BCUT2D eigenvalue weighted by atomic mass is 9.98. The van der Waals surface area contributed by atoms with E-state index >= 15 is 0 Å². The lowest BCUT2D eigenvalue weighted by molar-refractivity contribution is -0.129. The average Bonchev–Trinajstić information content (AvgIpc) is 2.92. The molecular weight excluding hydrogens is 450 g/mol. The van der Waals surface area contributed by atoms with Crippen molar-refractivity contribution in [3.63, 3.8) is 0 Å². The summed E-state index contributed by atoms with van der Waals surface area (Å²) in [6.07, 6.45) is 7.55. The van der Waals surface area contributed by atoms with Crippen molar-refractivity contribution in [1.82, 2.24) is 9.80 Å². The number of carbonyl (C=O) groups is 1. The van der Waals surface area contributed by atoms with Crippen LogP contribution in [0.1, 0.15) is 31.2 Å². The van der Waals surface area contributed by atoms with Gasteiger partial charge in [0.25, 0.3) is 0 Å². The number of hydrogen-bond acceptors (Lipinski definition) is 5. The van der Waals surface area contributed by atoms with E-state index in [0.29, 0.717) is 5.56 Å². The molecule has 0 bridgehead atoms. The Morgan fingerprint density at radius 3 is 2.53 bits per heavy atom. The minimum absolute atomic E-state index is 0.0213. The zero-order valence-electron chi connectivity index (χ0n) is 20.7. The fourth-order valence-corrected chi connectivity index (χ4v) is 5.53. The highest BCUT2D eigenvalue weighted by molar-refractivity contribution is 5.94. The van der Waals surface area contributed by atoms with E-state index in [1.165, 1.54) is 35.0 Å². The summed E-state index contributed by atoms with van der Waals surface area (Å²) in [6, 6.07) is 20.0. The molecule has 0 radical (unpaired) electrons. The molecule has 188 valence electrons. The number of nitrogens with zero attached hydrogens (tertiary/aromatic N) is 3. The SMILES string of the molecule is O=C(/C=C/c1ccc(O)c(O)c1)N1CCCC[C@H]1CCN1CCN(c2cccc3ccccc23)CC1. The smallest absolute Gasteiger partial charge is 0.246 e. The molecule has 36 heavy (non-hydrogen) atoms. The molecule has 2 heterocycles. The van der Waals surface area contributed by atoms with Crippen LogP contribution in [0.25, 0.3) is 16.8 Å². The van der Waals surface area contributed by atoms with E-state index in [1.807, 2.05) is 4.90 Å². The lowest BCUT2D eigenvalue weighted by Crippen LogP contribution is -2.49. The second-order valence-corrected chi connectivity index (χ2v) is 9.88. The minimum atomic E-state index is -0.180. The maximum Gasteiger partial charge on any atom is 0.246 e. The molecule has 1 amide bonds. The molecule has 3 aromatic carbocycles. The molecule has 2 N–H and O–H groups in total. The summed E-state index contributed by atoms with van der Waals surface area (Å²) in [7, 11) is 0. The Labute approximate surface area is 213 Å². The Bertz CT molecular complexity index is 1230. The summed E-state index contributed by atoms with van der Waals surface area (Å²) in [5.74, 6) is -0.318. The molecule has 0 aromatic heterocycles. The van der Waals surface area contributed by atoms with Crippen molar-refractivity contribution in [2.45, 2.75) is 31.7 Å². The van der Waals surface area contributed by atoms with Gasteiger partial charge in [0.1, 0.15) is 0 Å². The largest absolute Gasteiger partial charge is 0.504 e. The van der Waals surface area contributed by atoms with Crippen LogP contribution in [0.2, 0.25) is 0 Å². The minimum Gasteiger partial charge on any atom is -0.504 e. The van der Waals surface area contributed by atoms with Crippen molar-refractivity contribution in [2.75, 3.05) is 44.2 Å². The second kappa shape index (κ2) is 11.0. The van der Waals surface area contributed by atoms with Crippen LogP contribution < -0.4 is 4.90 Å². The first kappa shape index (κ1) is 24.2. The van der Waals surface area contributed by atoms with E-state index in [1.54, 1.807) is 18.2 Å². The van der Waals surface area contributed by atoms with Gasteiger partial charge < -0.3 is 20.0 Å². The summed E-state index contributed by atoms with van der Waals surface area (Å²) in [5, 5.41) is 21.8. The van der Waals surface area contributed by atoms with Gasteiger partial charge in [0, 0.05) is 62.5 Å². The molecule has 1 atom stereocenters. The molecule has 0 aliphatic carbocycles. The predicted molar refractivity (Wildman–Crippen MR) is 145 cm³/mol. The van der Waals surface area contributed by atoms with Crippen molar-refractivity contribution in [1.29, 1.82) is 0 Å². The highest BCUT2D eigenvalue weighted by Gasteiger charge is 2.26. The van der Waals surface area contributed by atoms with E-state index in [9.17, 15) is 15.0 Å². The second-order valence-electron chi connectivity index (χ2n) is 9.88. The highest BCUT2D eigenvalue weighted by atomic mass is 16.3. The van der Waals surface area contributed by atoms with Gasteiger partial charge in [0.2, 0.25) is 5.91 Å². The van der Waals surface area contributed by atoms with Gasteiger partial charge in [-0.3, -0.25) is 9.69 Å². The number of phenolic OH excluding ortho intramolecular Hbond substituents is 2. The van der Waals surface area contributed by atoms with Gasteiger partial charge in [-0.1, -0.05) is 42.5 Å². The Morgan fingerprint density at radius 1 is 0.889 bits per heavy atom. The fraction of sp³-hybridized carbons (Fsp3) is 0.367. The number of fused-ring (bicyclic) bond motifs is 1. The Kier molecular flexibility index (Phi) is 7.42. The third kappa shape index (κ3) is 5.49. The standard InChI is InChI=1S/C30H35N3O3/c34-28-13-11-23(22-29(28)35)12-14-30(36)33-16-4-3-8-25(33)15-17-31-18-20-32(21-19-31)27-10-5-7-24-6-1-2-9-26(24)27/h1-2,5-7,9-14,22,25,34-35H,3-4,8,15-21H2/b14-12+/t25-/m0/s1. The van der Waals surface area contributed by atoms with Crippen molar-refractivity contribution >= 4 is 28.4 Å². The quantitative estimate of drug-likeness (QED) is 0.386. The van der Waals surface area contributed by atoms with Crippen molar-refractivity contribution < 1.29 is 15.0 Å². The first-order valence-electron chi connectivity index (χ1n) is 13.0. The van der Waals surface area contributed by atoms with Gasteiger partial charge in [-0.2, -0.15) is 0 Å². The summed E-state index contributed by atoms with van der Waals surface area (Å²) in [6.45, 7) is 5.91. The van der Waals surface area contributed by atoms with Gasteiger partial charge in [-0.25, -0.2) is 0 Å². The van der Waals surface area contributed by atoms with Gasteiger partial charge in [-0.15, -0.1) is 0 Å². The van der Waals surface area contributed by atoms with Crippen LogP contribution in [0.15, 0.2) is 66.7 Å². The topological polar surface area (TPSA) is 67.2 Å². The van der Waals surface area contributed by atoms with Crippen LogP contribution in [0.4, 0.5) is 5.69 Å². The molecule has 0 unspecified atom stereocenters. The molecule has 2 aliphatic rings. The van der Waals surface area contributed by atoms with Crippen molar-refractivity contribution in [3.8, 4) is 11.5 Å². The predicted octanol–water partition coefficient (Wildman–Crippen LogP) is 4.86. The van der Waals surface area contributed by atoms with Crippen LogP contribution in [0.5, 0.6) is 11.5 Å². The number of phenols is 2. The number of aromatic hydroxyl groups is 2. The molecule has 0 saturated carbocycles. The zero-order chi connectivity index (χ0) is 24.9. The van der Waals surface area contributed by atoms with Crippen LogP contribution in [0.3, 0.4) is 0 Å².